The predicted molar refractivity (Wildman–Crippen MR) is 117 cm³/mol. The first-order valence-electron chi connectivity index (χ1n) is 9.70. The van der Waals surface area contributed by atoms with Crippen molar-refractivity contribution in [3.05, 3.63) is 76.6 Å². The third-order valence-corrected chi connectivity index (χ3v) is 5.71. The Morgan fingerprint density at radius 3 is 2.40 bits per heavy atom. The van der Waals surface area contributed by atoms with Crippen LogP contribution in [0.4, 0.5) is 0 Å². The highest BCUT2D eigenvalue weighted by atomic mass is 35.5. The lowest BCUT2D eigenvalue weighted by molar-refractivity contribution is -0.123. The Labute approximate surface area is 186 Å². The van der Waals surface area contributed by atoms with Crippen molar-refractivity contribution in [2.75, 3.05) is 13.1 Å². The maximum atomic E-state index is 11.6. The van der Waals surface area contributed by atoms with Crippen molar-refractivity contribution in [1.82, 2.24) is 25.1 Å². The van der Waals surface area contributed by atoms with E-state index in [-0.39, 0.29) is 30.3 Å². The molecule has 2 N–H and O–H groups in total. The minimum absolute atomic E-state index is 0. The van der Waals surface area contributed by atoms with Crippen LogP contribution in [0, 0.1) is 5.92 Å². The molecule has 0 saturated carbocycles. The van der Waals surface area contributed by atoms with Crippen molar-refractivity contribution in [1.29, 1.82) is 0 Å². The number of tetrazole rings is 1. The van der Waals surface area contributed by atoms with Gasteiger partial charge in [0.15, 0.2) is 5.82 Å². The van der Waals surface area contributed by atoms with Crippen molar-refractivity contribution in [3.8, 4) is 0 Å². The van der Waals surface area contributed by atoms with Gasteiger partial charge >= 0.3 is 0 Å². The van der Waals surface area contributed by atoms with Gasteiger partial charge in [-0.1, -0.05) is 54.1 Å². The second-order valence-corrected chi connectivity index (χ2v) is 7.78. The van der Waals surface area contributed by atoms with Gasteiger partial charge in [-0.25, -0.2) is 4.68 Å². The molecule has 1 unspecified atom stereocenters. The maximum absolute atomic E-state index is 11.6. The molecule has 158 valence electrons. The average Bonchev–Trinajstić information content (AvgIpc) is 3.18. The number of primary amides is 1. The Morgan fingerprint density at radius 1 is 1.10 bits per heavy atom. The number of likely N-dealkylation sites (tertiary alicyclic amines) is 1. The fourth-order valence-corrected chi connectivity index (χ4v) is 4.01. The maximum Gasteiger partial charge on any atom is 0.220 e. The van der Waals surface area contributed by atoms with E-state index in [2.05, 4.69) is 32.6 Å². The highest BCUT2D eigenvalue weighted by Crippen LogP contribution is 2.32. The van der Waals surface area contributed by atoms with Gasteiger partial charge < -0.3 is 5.73 Å². The SMILES string of the molecule is Cl.NC(=O)C1CCN(C(c2ccc(Cl)cc2)c2nnnn2Cc2ccccc2)CC1. The van der Waals surface area contributed by atoms with E-state index >= 15 is 0 Å². The molecule has 1 aliphatic rings. The number of piperidine rings is 1. The van der Waals surface area contributed by atoms with Crippen LogP contribution in [0.15, 0.2) is 54.6 Å². The third kappa shape index (κ3) is 4.98. The summed E-state index contributed by atoms with van der Waals surface area (Å²) in [5, 5.41) is 13.3. The molecule has 0 spiro atoms. The number of nitrogens with two attached hydrogens (primary N) is 1. The number of rotatable bonds is 6. The zero-order valence-corrected chi connectivity index (χ0v) is 18.0. The molecule has 0 aliphatic carbocycles. The molecule has 7 nitrogen and oxygen atoms in total. The molecule has 1 fully saturated rings. The van der Waals surface area contributed by atoms with E-state index in [1.807, 2.05) is 47.1 Å². The van der Waals surface area contributed by atoms with Gasteiger partial charge in [0.1, 0.15) is 0 Å². The van der Waals surface area contributed by atoms with E-state index < -0.39 is 0 Å². The van der Waals surface area contributed by atoms with E-state index in [1.165, 1.54) is 0 Å². The van der Waals surface area contributed by atoms with Crippen LogP contribution in [0.3, 0.4) is 0 Å². The normalized spacial score (nSPS) is 16.0. The summed E-state index contributed by atoms with van der Waals surface area (Å²) in [6.45, 7) is 2.09. The quantitative estimate of drug-likeness (QED) is 0.627. The van der Waals surface area contributed by atoms with Crippen LogP contribution in [0.1, 0.15) is 35.8 Å². The molecule has 1 amide bonds. The molecule has 1 atom stereocenters. The zero-order valence-electron chi connectivity index (χ0n) is 16.4. The Morgan fingerprint density at radius 2 is 1.77 bits per heavy atom. The van der Waals surface area contributed by atoms with Crippen LogP contribution >= 0.6 is 24.0 Å². The van der Waals surface area contributed by atoms with Gasteiger partial charge in [0.2, 0.25) is 5.91 Å². The largest absolute Gasteiger partial charge is 0.369 e. The van der Waals surface area contributed by atoms with Gasteiger partial charge in [0.25, 0.3) is 0 Å². The average molecular weight is 447 g/mol. The molecule has 2 aromatic carbocycles. The molecule has 9 heteroatoms. The van der Waals surface area contributed by atoms with Crippen LogP contribution in [0.5, 0.6) is 0 Å². The number of benzene rings is 2. The lowest BCUT2D eigenvalue weighted by Gasteiger charge is -2.36. The first kappa shape index (κ1) is 22.2. The van der Waals surface area contributed by atoms with E-state index in [9.17, 15) is 4.79 Å². The molecule has 4 rings (SSSR count). The third-order valence-electron chi connectivity index (χ3n) is 5.46. The molecule has 0 bridgehead atoms. The topological polar surface area (TPSA) is 89.9 Å². The summed E-state index contributed by atoms with van der Waals surface area (Å²) in [7, 11) is 0. The molecule has 3 aromatic rings. The lowest BCUT2D eigenvalue weighted by atomic mass is 9.93. The van der Waals surface area contributed by atoms with Crippen molar-refractivity contribution in [3.63, 3.8) is 0 Å². The van der Waals surface area contributed by atoms with E-state index in [4.69, 9.17) is 17.3 Å². The number of aromatic nitrogens is 4. The van der Waals surface area contributed by atoms with Crippen molar-refractivity contribution < 1.29 is 4.79 Å². The molecular formula is C21H24Cl2N6O. The summed E-state index contributed by atoms with van der Waals surface area (Å²) < 4.78 is 1.84. The number of hydrogen-bond acceptors (Lipinski definition) is 5. The van der Waals surface area contributed by atoms with Crippen LogP contribution < -0.4 is 5.73 Å². The summed E-state index contributed by atoms with van der Waals surface area (Å²) in [5.74, 6) is 0.479. The standard InChI is InChI=1S/C21H23ClN6O.ClH/c22-18-8-6-16(7-9-18)19(27-12-10-17(11-13-27)20(23)29)21-24-25-26-28(21)14-15-4-2-1-3-5-15;/h1-9,17,19H,10-14H2,(H2,23,29);1H. The summed E-state index contributed by atoms with van der Waals surface area (Å²) in [5.41, 5.74) is 7.71. The van der Waals surface area contributed by atoms with Crippen molar-refractivity contribution in [2.24, 2.45) is 11.7 Å². The summed E-state index contributed by atoms with van der Waals surface area (Å²) >= 11 is 6.11. The van der Waals surface area contributed by atoms with E-state index in [0.717, 1.165) is 42.9 Å². The van der Waals surface area contributed by atoms with Crippen LogP contribution in [-0.4, -0.2) is 44.1 Å². The fraction of sp³-hybridized carbons (Fsp3) is 0.333. The first-order valence-corrected chi connectivity index (χ1v) is 10.1. The van der Waals surface area contributed by atoms with E-state index in [1.54, 1.807) is 0 Å². The van der Waals surface area contributed by atoms with Gasteiger partial charge in [-0.15, -0.1) is 17.5 Å². The Kier molecular flexibility index (Phi) is 7.42. The number of hydrogen-bond donors (Lipinski definition) is 1. The van der Waals surface area contributed by atoms with Crippen molar-refractivity contribution >= 4 is 29.9 Å². The highest BCUT2D eigenvalue weighted by molar-refractivity contribution is 6.30. The van der Waals surface area contributed by atoms with Gasteiger partial charge in [0, 0.05) is 10.9 Å². The van der Waals surface area contributed by atoms with Gasteiger partial charge in [-0.3, -0.25) is 9.69 Å². The lowest BCUT2D eigenvalue weighted by Crippen LogP contribution is -2.41. The van der Waals surface area contributed by atoms with Gasteiger partial charge in [0.05, 0.1) is 12.6 Å². The second kappa shape index (κ2) is 10.0. The summed E-state index contributed by atoms with van der Waals surface area (Å²) in [6, 6.07) is 17.8. The Hall–Kier alpha value is -2.48. The Bertz CT molecular complexity index is 955. The van der Waals surface area contributed by atoms with Gasteiger partial charge in [-0.05, 0) is 59.6 Å². The fourth-order valence-electron chi connectivity index (χ4n) is 3.89. The monoisotopic (exact) mass is 446 g/mol. The summed E-state index contributed by atoms with van der Waals surface area (Å²) in [6.07, 6.45) is 1.47. The predicted octanol–water partition coefficient (Wildman–Crippen LogP) is 3.08. The molecular weight excluding hydrogens is 423 g/mol. The summed E-state index contributed by atoms with van der Waals surface area (Å²) in [4.78, 5) is 13.9. The zero-order chi connectivity index (χ0) is 20.2. The molecule has 1 aliphatic heterocycles. The minimum Gasteiger partial charge on any atom is -0.369 e. The molecule has 1 aromatic heterocycles. The number of halogens is 2. The van der Waals surface area contributed by atoms with Crippen molar-refractivity contribution in [2.45, 2.75) is 25.4 Å². The highest BCUT2D eigenvalue weighted by Gasteiger charge is 2.32. The Balaban J connectivity index is 0.00000256. The smallest absolute Gasteiger partial charge is 0.220 e. The van der Waals surface area contributed by atoms with Crippen LogP contribution in [0.2, 0.25) is 5.02 Å². The number of amides is 1. The second-order valence-electron chi connectivity index (χ2n) is 7.35. The van der Waals surface area contributed by atoms with Crippen LogP contribution in [-0.2, 0) is 11.3 Å². The molecule has 2 heterocycles. The number of carbonyl (C=O) groups is 1. The number of carbonyl (C=O) groups excluding carboxylic acids is 1. The minimum atomic E-state index is -0.221. The van der Waals surface area contributed by atoms with E-state index in [0.29, 0.717) is 11.6 Å². The number of nitrogens with zero attached hydrogens (tertiary/aromatic N) is 5. The molecule has 0 radical (unpaired) electrons. The first-order chi connectivity index (χ1) is 14.1. The van der Waals surface area contributed by atoms with Crippen LogP contribution in [0.25, 0.3) is 0 Å². The van der Waals surface area contributed by atoms with Gasteiger partial charge in [-0.2, -0.15) is 0 Å². The molecule has 1 saturated heterocycles. The molecule has 30 heavy (non-hydrogen) atoms.